The average molecular weight is 430 g/mol. The van der Waals surface area contributed by atoms with Crippen LogP contribution in [0.15, 0.2) is 78.9 Å². The van der Waals surface area contributed by atoms with Crippen molar-refractivity contribution in [3.8, 4) is 17.2 Å². The van der Waals surface area contributed by atoms with Crippen LogP contribution in [0, 0.1) is 11.6 Å². The summed E-state index contributed by atoms with van der Waals surface area (Å²) in [6.45, 7) is 0. The van der Waals surface area contributed by atoms with E-state index >= 15 is 0 Å². The van der Waals surface area contributed by atoms with E-state index in [-0.39, 0.29) is 11.5 Å². The zero-order chi connectivity index (χ0) is 22.3. The highest BCUT2D eigenvalue weighted by atomic mass is 19.1. The molecule has 160 valence electrons. The van der Waals surface area contributed by atoms with E-state index in [9.17, 15) is 8.78 Å². The summed E-state index contributed by atoms with van der Waals surface area (Å²) in [6.07, 6.45) is 3.79. The normalized spacial score (nSPS) is 14.0. The van der Waals surface area contributed by atoms with E-state index in [1.54, 1.807) is 24.3 Å². The van der Waals surface area contributed by atoms with Gasteiger partial charge in [0.2, 0.25) is 0 Å². The number of halogens is 2. The zero-order valence-electron chi connectivity index (χ0n) is 17.6. The highest BCUT2D eigenvalue weighted by Gasteiger charge is 2.38. The molecule has 0 aromatic heterocycles. The van der Waals surface area contributed by atoms with Gasteiger partial charge in [-0.1, -0.05) is 42.5 Å². The SMILES string of the molecule is COc1ccc(C2(c3ccc(OC)c(F)c3)C=Cc3c(ccc4ccccc34)O2)cc1F. The van der Waals surface area contributed by atoms with Crippen LogP contribution in [0.25, 0.3) is 16.8 Å². The molecule has 0 N–H and O–H groups in total. The van der Waals surface area contributed by atoms with Crippen molar-refractivity contribution >= 4 is 16.8 Å². The van der Waals surface area contributed by atoms with E-state index in [1.165, 1.54) is 26.4 Å². The van der Waals surface area contributed by atoms with Crippen LogP contribution < -0.4 is 14.2 Å². The number of benzene rings is 4. The van der Waals surface area contributed by atoms with Gasteiger partial charge in [0.05, 0.1) is 14.2 Å². The first-order chi connectivity index (χ1) is 15.6. The zero-order valence-corrected chi connectivity index (χ0v) is 17.6. The van der Waals surface area contributed by atoms with Gasteiger partial charge in [0.25, 0.3) is 0 Å². The highest BCUT2D eigenvalue weighted by Crippen LogP contribution is 2.45. The summed E-state index contributed by atoms with van der Waals surface area (Å²) < 4.78 is 46.1. The largest absolute Gasteiger partial charge is 0.494 e. The Labute approximate surface area is 184 Å². The van der Waals surface area contributed by atoms with Gasteiger partial charge in [-0.15, -0.1) is 0 Å². The van der Waals surface area contributed by atoms with Gasteiger partial charge >= 0.3 is 0 Å². The molecule has 0 radical (unpaired) electrons. The molecule has 4 aromatic rings. The molecule has 0 unspecified atom stereocenters. The molecule has 4 aromatic carbocycles. The minimum absolute atomic E-state index is 0.121. The van der Waals surface area contributed by atoms with Crippen LogP contribution in [0.1, 0.15) is 16.7 Å². The molecular weight excluding hydrogens is 410 g/mol. The predicted molar refractivity (Wildman–Crippen MR) is 120 cm³/mol. The molecule has 0 saturated carbocycles. The fourth-order valence-corrected chi connectivity index (χ4v) is 4.22. The lowest BCUT2D eigenvalue weighted by molar-refractivity contribution is 0.160. The third-order valence-electron chi connectivity index (χ3n) is 5.85. The minimum atomic E-state index is -1.24. The molecule has 0 spiro atoms. The van der Waals surface area contributed by atoms with Gasteiger partial charge in [-0.25, -0.2) is 8.78 Å². The van der Waals surface area contributed by atoms with Gasteiger partial charge in [0.15, 0.2) is 28.7 Å². The molecule has 32 heavy (non-hydrogen) atoms. The van der Waals surface area contributed by atoms with Gasteiger partial charge in [0.1, 0.15) is 5.75 Å². The first kappa shape index (κ1) is 20.1. The number of rotatable bonds is 4. The summed E-state index contributed by atoms with van der Waals surface area (Å²) in [5.74, 6) is -0.190. The lowest BCUT2D eigenvalue weighted by Gasteiger charge is -2.36. The summed E-state index contributed by atoms with van der Waals surface area (Å²) in [5.41, 5.74) is 0.697. The van der Waals surface area contributed by atoms with Crippen molar-refractivity contribution in [2.75, 3.05) is 14.2 Å². The molecule has 1 aliphatic heterocycles. The summed E-state index contributed by atoms with van der Waals surface area (Å²) in [4.78, 5) is 0. The van der Waals surface area contributed by atoms with E-state index in [2.05, 4.69) is 0 Å². The smallest absolute Gasteiger partial charge is 0.178 e. The van der Waals surface area contributed by atoms with E-state index in [1.807, 2.05) is 48.6 Å². The molecule has 3 nitrogen and oxygen atoms in total. The second-order valence-corrected chi connectivity index (χ2v) is 7.57. The first-order valence-electron chi connectivity index (χ1n) is 10.1. The fourth-order valence-electron chi connectivity index (χ4n) is 4.22. The molecular formula is C27H20F2O3. The Morgan fingerprint density at radius 2 is 1.38 bits per heavy atom. The van der Waals surface area contributed by atoms with Gasteiger partial charge in [0, 0.05) is 16.7 Å². The Hall–Kier alpha value is -3.86. The molecule has 0 amide bonds. The van der Waals surface area contributed by atoms with Crippen LogP contribution in [0.4, 0.5) is 8.78 Å². The number of fused-ring (bicyclic) bond motifs is 3. The number of methoxy groups -OCH3 is 2. The van der Waals surface area contributed by atoms with Gasteiger partial charge in [-0.3, -0.25) is 0 Å². The molecule has 1 aliphatic rings. The number of ether oxygens (including phenoxy) is 3. The lowest BCUT2D eigenvalue weighted by Crippen LogP contribution is -2.34. The van der Waals surface area contributed by atoms with Gasteiger partial charge in [-0.2, -0.15) is 0 Å². The topological polar surface area (TPSA) is 27.7 Å². The van der Waals surface area contributed by atoms with E-state index in [0.717, 1.165) is 16.3 Å². The predicted octanol–water partition coefficient (Wildman–Crippen LogP) is 6.48. The van der Waals surface area contributed by atoms with Crippen molar-refractivity contribution in [1.82, 2.24) is 0 Å². The van der Waals surface area contributed by atoms with Crippen LogP contribution in [0.3, 0.4) is 0 Å². The molecule has 0 fully saturated rings. The first-order valence-corrected chi connectivity index (χ1v) is 10.1. The van der Waals surface area contributed by atoms with Crippen molar-refractivity contribution in [1.29, 1.82) is 0 Å². The highest BCUT2D eigenvalue weighted by molar-refractivity contribution is 5.94. The van der Waals surface area contributed by atoms with E-state index < -0.39 is 17.2 Å². The second kappa shape index (κ2) is 7.68. The van der Waals surface area contributed by atoms with Crippen molar-refractivity contribution in [2.24, 2.45) is 0 Å². The number of hydrogen-bond acceptors (Lipinski definition) is 3. The standard InChI is InChI=1S/C27H20F2O3/c1-30-25-11-8-18(15-22(25)28)27(19-9-12-26(31-2)23(29)16-19)14-13-21-20-6-4-3-5-17(20)7-10-24(21)32-27/h3-16H,1-2H3. The summed E-state index contributed by atoms with van der Waals surface area (Å²) in [6, 6.07) is 21.1. The maximum absolute atomic E-state index is 14.7. The van der Waals surface area contributed by atoms with Crippen molar-refractivity contribution in [2.45, 2.75) is 5.60 Å². The summed E-state index contributed by atoms with van der Waals surface area (Å²) in [7, 11) is 2.82. The third kappa shape index (κ3) is 3.09. The maximum Gasteiger partial charge on any atom is 0.178 e. The molecule has 0 aliphatic carbocycles. The quantitative estimate of drug-likeness (QED) is 0.371. The molecule has 5 rings (SSSR count). The Kier molecular flexibility index (Phi) is 4.82. The summed E-state index contributed by atoms with van der Waals surface area (Å²) in [5, 5.41) is 2.12. The molecule has 5 heteroatoms. The van der Waals surface area contributed by atoms with E-state index in [4.69, 9.17) is 14.2 Å². The van der Waals surface area contributed by atoms with Crippen molar-refractivity contribution < 1.29 is 23.0 Å². The Bertz CT molecular complexity index is 1310. The minimum Gasteiger partial charge on any atom is -0.494 e. The van der Waals surface area contributed by atoms with Crippen LogP contribution in [0.2, 0.25) is 0 Å². The lowest BCUT2D eigenvalue weighted by atomic mass is 9.83. The monoisotopic (exact) mass is 430 g/mol. The molecule has 0 saturated heterocycles. The Balaban J connectivity index is 1.73. The molecule has 0 bridgehead atoms. The number of hydrogen-bond donors (Lipinski definition) is 0. The van der Waals surface area contributed by atoms with Crippen LogP contribution >= 0.6 is 0 Å². The van der Waals surface area contributed by atoms with Crippen LogP contribution in [-0.2, 0) is 5.60 Å². The molecule has 0 atom stereocenters. The van der Waals surface area contributed by atoms with Crippen molar-refractivity contribution in [3.05, 3.63) is 107 Å². The second-order valence-electron chi connectivity index (χ2n) is 7.57. The maximum atomic E-state index is 14.7. The third-order valence-corrected chi connectivity index (χ3v) is 5.85. The van der Waals surface area contributed by atoms with Crippen LogP contribution in [-0.4, -0.2) is 14.2 Å². The van der Waals surface area contributed by atoms with Crippen molar-refractivity contribution in [3.63, 3.8) is 0 Å². The van der Waals surface area contributed by atoms with E-state index in [0.29, 0.717) is 16.9 Å². The van der Waals surface area contributed by atoms with Gasteiger partial charge in [-0.05, 0) is 53.3 Å². The summed E-state index contributed by atoms with van der Waals surface area (Å²) >= 11 is 0. The van der Waals surface area contributed by atoms with Gasteiger partial charge < -0.3 is 14.2 Å². The molecule has 1 heterocycles. The fraction of sp³-hybridized carbons (Fsp3) is 0.111. The van der Waals surface area contributed by atoms with Crippen LogP contribution in [0.5, 0.6) is 17.2 Å². The Morgan fingerprint density at radius 3 is 1.97 bits per heavy atom. The Morgan fingerprint density at radius 1 is 0.750 bits per heavy atom. The average Bonchev–Trinajstić information content (AvgIpc) is 2.83.